The number of carbonyl (C=O) groups is 2. The van der Waals surface area contributed by atoms with Crippen LogP contribution in [0.5, 0.6) is 5.75 Å². The third-order valence-corrected chi connectivity index (χ3v) is 7.51. The molecule has 9 nitrogen and oxygen atoms in total. The number of amides is 2. The molecule has 2 heterocycles. The van der Waals surface area contributed by atoms with E-state index in [9.17, 15) is 22.8 Å². The Balaban J connectivity index is 1.25. The van der Waals surface area contributed by atoms with E-state index in [1.165, 1.54) is 28.6 Å². The molecule has 13 heteroatoms. The smallest absolute Gasteiger partial charge is 0.406 e. The van der Waals surface area contributed by atoms with Gasteiger partial charge in [-0.25, -0.2) is 0 Å². The number of carbonyl (C=O) groups excluding carboxylic acids is 2. The zero-order chi connectivity index (χ0) is 31.4. The number of nitrogens with one attached hydrogen (secondary N) is 1. The first-order valence-electron chi connectivity index (χ1n) is 13.5. The predicted octanol–water partition coefficient (Wildman–Crippen LogP) is 6.83. The summed E-state index contributed by atoms with van der Waals surface area (Å²) in [7, 11) is 1.66. The highest BCUT2D eigenvalue weighted by molar-refractivity contribution is 8.15. The lowest BCUT2D eigenvalue weighted by atomic mass is 10.0. The minimum atomic E-state index is -4.81. The van der Waals surface area contributed by atoms with Gasteiger partial charge in [0.25, 0.3) is 5.91 Å². The molecule has 0 saturated carbocycles. The first kappa shape index (κ1) is 30.5. The van der Waals surface area contributed by atoms with E-state index in [0.717, 1.165) is 34.5 Å². The molecule has 3 aromatic carbocycles. The molecule has 1 fully saturated rings. The van der Waals surface area contributed by atoms with Crippen molar-refractivity contribution in [1.29, 1.82) is 0 Å². The van der Waals surface area contributed by atoms with E-state index in [4.69, 9.17) is 0 Å². The van der Waals surface area contributed by atoms with E-state index in [0.29, 0.717) is 22.4 Å². The van der Waals surface area contributed by atoms with Gasteiger partial charge in [0.2, 0.25) is 5.91 Å². The van der Waals surface area contributed by atoms with Crippen molar-refractivity contribution in [3.63, 3.8) is 0 Å². The summed E-state index contributed by atoms with van der Waals surface area (Å²) in [5, 5.41) is 16.2. The van der Waals surface area contributed by atoms with Crippen LogP contribution in [0.2, 0.25) is 0 Å². The Morgan fingerprint density at radius 2 is 1.77 bits per heavy atom. The molecule has 226 valence electrons. The van der Waals surface area contributed by atoms with E-state index in [1.807, 2.05) is 48.5 Å². The maximum absolute atomic E-state index is 12.7. The quantitative estimate of drug-likeness (QED) is 0.172. The number of amidine groups is 1. The summed E-state index contributed by atoms with van der Waals surface area (Å²) in [5.74, 6) is -0.0400. The van der Waals surface area contributed by atoms with Gasteiger partial charge in [-0.05, 0) is 47.4 Å². The third kappa shape index (κ3) is 7.17. The zero-order valence-corrected chi connectivity index (χ0v) is 24.7. The molecule has 5 rings (SSSR count). The third-order valence-electron chi connectivity index (χ3n) is 6.59. The Bertz CT molecular complexity index is 1730. The van der Waals surface area contributed by atoms with E-state index in [1.54, 1.807) is 24.2 Å². The molecule has 2 amide bonds. The summed E-state index contributed by atoms with van der Waals surface area (Å²) in [6.45, 7) is 4.16. The maximum Gasteiger partial charge on any atom is 0.573 e. The number of rotatable bonds is 8. The van der Waals surface area contributed by atoms with Crippen LogP contribution in [0.15, 0.2) is 89.1 Å². The van der Waals surface area contributed by atoms with Crippen LogP contribution in [0.3, 0.4) is 0 Å². The monoisotopic (exact) mass is 620 g/mol. The molecular formula is C31H27F3N6O3S. The van der Waals surface area contributed by atoms with Crippen molar-refractivity contribution in [2.45, 2.75) is 26.1 Å². The molecule has 1 N–H and O–H groups in total. The van der Waals surface area contributed by atoms with Crippen molar-refractivity contribution in [2.75, 3.05) is 16.0 Å². The maximum atomic E-state index is 12.7. The largest absolute Gasteiger partial charge is 0.573 e. The minimum Gasteiger partial charge on any atom is -0.406 e. The Labute approximate surface area is 255 Å². The molecule has 0 atom stereocenters. The molecule has 0 spiro atoms. The van der Waals surface area contributed by atoms with Crippen molar-refractivity contribution in [3.8, 4) is 17.0 Å². The first-order chi connectivity index (χ1) is 21.0. The number of para-hydroxylation sites is 1. The average molecular weight is 621 g/mol. The van der Waals surface area contributed by atoms with Gasteiger partial charge in [-0.3, -0.25) is 19.2 Å². The van der Waals surface area contributed by atoms with Gasteiger partial charge in [-0.1, -0.05) is 68.1 Å². The van der Waals surface area contributed by atoms with Crippen LogP contribution in [0, 0.1) is 0 Å². The fourth-order valence-electron chi connectivity index (χ4n) is 4.46. The van der Waals surface area contributed by atoms with Crippen LogP contribution in [0.1, 0.15) is 41.3 Å². The number of ether oxygens (including phenoxy) is 1. The second-order valence-corrected chi connectivity index (χ2v) is 11.0. The molecular weight excluding hydrogens is 593 g/mol. The zero-order valence-electron chi connectivity index (χ0n) is 23.9. The van der Waals surface area contributed by atoms with Gasteiger partial charge in [-0.2, -0.15) is 10.2 Å². The van der Waals surface area contributed by atoms with Crippen LogP contribution in [-0.4, -0.2) is 45.1 Å². The van der Waals surface area contributed by atoms with Gasteiger partial charge in [0.15, 0.2) is 5.17 Å². The van der Waals surface area contributed by atoms with Crippen LogP contribution < -0.4 is 15.0 Å². The molecule has 0 bridgehead atoms. The highest BCUT2D eigenvalue weighted by Crippen LogP contribution is 2.33. The SMILES string of the molecule is CC(C)c1ccccc1N1C(=O)CS/C1=N/N=C/c1ccc(-c2cc(NC(=O)c3ccc(OC(F)(F)F)cc3)n(C)n2)cc1. The van der Waals surface area contributed by atoms with Gasteiger partial charge in [-0.15, -0.1) is 18.3 Å². The summed E-state index contributed by atoms with van der Waals surface area (Å²) in [5.41, 5.74) is 4.19. The number of nitrogens with zero attached hydrogens (tertiary/aromatic N) is 5. The summed E-state index contributed by atoms with van der Waals surface area (Å²) in [6.07, 6.45) is -3.21. The highest BCUT2D eigenvalue weighted by Gasteiger charge is 2.32. The van der Waals surface area contributed by atoms with E-state index in [2.05, 4.69) is 39.2 Å². The Kier molecular flexibility index (Phi) is 8.86. The molecule has 1 saturated heterocycles. The molecule has 1 aliphatic rings. The van der Waals surface area contributed by atoms with E-state index < -0.39 is 18.0 Å². The van der Waals surface area contributed by atoms with Gasteiger partial charge in [0.1, 0.15) is 11.6 Å². The topological polar surface area (TPSA) is 101 Å². The van der Waals surface area contributed by atoms with Crippen molar-refractivity contribution in [1.82, 2.24) is 9.78 Å². The van der Waals surface area contributed by atoms with Crippen LogP contribution in [-0.2, 0) is 11.8 Å². The first-order valence-corrected chi connectivity index (χ1v) is 14.4. The number of hydrogen-bond donors (Lipinski definition) is 1. The molecule has 4 aromatic rings. The molecule has 0 radical (unpaired) electrons. The summed E-state index contributed by atoms with van der Waals surface area (Å²) < 4.78 is 42.5. The number of alkyl halides is 3. The van der Waals surface area contributed by atoms with Gasteiger partial charge < -0.3 is 10.1 Å². The van der Waals surface area contributed by atoms with Crippen LogP contribution >= 0.6 is 11.8 Å². The number of aryl methyl sites for hydroxylation is 1. The standard InChI is InChI=1S/C31H27F3N6O3S/c1-19(2)24-6-4-5-7-26(24)40-28(41)18-44-30(40)37-35-17-20-8-10-21(11-9-20)25-16-27(39(3)38-25)36-29(42)22-12-14-23(15-13-22)43-31(32,33)34/h4-17,19H,18H2,1-3H3,(H,36,42)/b35-17+,37-30+. The fraction of sp³-hybridized carbons (Fsp3) is 0.194. The number of thioether (sulfide) groups is 1. The van der Waals surface area contributed by atoms with Gasteiger partial charge in [0.05, 0.1) is 23.3 Å². The lowest BCUT2D eigenvalue weighted by Gasteiger charge is -2.20. The second-order valence-electron chi connectivity index (χ2n) is 10.0. The van der Waals surface area contributed by atoms with Gasteiger partial charge >= 0.3 is 6.36 Å². The van der Waals surface area contributed by atoms with Crippen molar-refractivity contribution < 1.29 is 27.5 Å². The van der Waals surface area contributed by atoms with Crippen molar-refractivity contribution in [2.24, 2.45) is 17.3 Å². The normalized spacial score (nSPS) is 14.7. The lowest BCUT2D eigenvalue weighted by Crippen LogP contribution is -2.30. The molecule has 0 unspecified atom stereocenters. The molecule has 44 heavy (non-hydrogen) atoms. The van der Waals surface area contributed by atoms with Crippen LogP contribution in [0.25, 0.3) is 11.3 Å². The molecule has 0 aliphatic carbocycles. The number of aromatic nitrogens is 2. The summed E-state index contributed by atoms with van der Waals surface area (Å²) in [4.78, 5) is 26.9. The van der Waals surface area contributed by atoms with E-state index in [-0.39, 0.29) is 17.4 Å². The Morgan fingerprint density at radius 1 is 1.07 bits per heavy atom. The van der Waals surface area contributed by atoms with Gasteiger partial charge in [0, 0.05) is 24.2 Å². The Morgan fingerprint density at radius 3 is 2.45 bits per heavy atom. The minimum absolute atomic E-state index is 0.0410. The number of hydrogen-bond acceptors (Lipinski definition) is 7. The van der Waals surface area contributed by atoms with Crippen LogP contribution in [0.4, 0.5) is 24.7 Å². The van der Waals surface area contributed by atoms with Crippen molar-refractivity contribution in [3.05, 3.63) is 95.6 Å². The summed E-state index contributed by atoms with van der Waals surface area (Å²) in [6, 6.07) is 21.5. The number of anilines is 2. The lowest BCUT2D eigenvalue weighted by molar-refractivity contribution is -0.274. The molecule has 1 aliphatic heterocycles. The fourth-order valence-corrected chi connectivity index (χ4v) is 5.27. The Hall–Kier alpha value is -4.91. The molecule has 1 aromatic heterocycles. The van der Waals surface area contributed by atoms with E-state index >= 15 is 0 Å². The number of benzene rings is 3. The highest BCUT2D eigenvalue weighted by atomic mass is 32.2. The predicted molar refractivity (Wildman–Crippen MR) is 165 cm³/mol. The van der Waals surface area contributed by atoms with Crippen molar-refractivity contribution >= 4 is 46.5 Å². The average Bonchev–Trinajstić information content (AvgIpc) is 3.54. The number of halogens is 3. The summed E-state index contributed by atoms with van der Waals surface area (Å²) >= 11 is 1.34. The second kappa shape index (κ2) is 12.8.